The van der Waals surface area contributed by atoms with Crippen molar-refractivity contribution < 1.29 is 14.6 Å². The van der Waals surface area contributed by atoms with E-state index in [9.17, 15) is 9.90 Å². The van der Waals surface area contributed by atoms with Crippen LogP contribution in [0.15, 0.2) is 35.9 Å². The molecule has 0 radical (unpaired) electrons. The van der Waals surface area contributed by atoms with Crippen molar-refractivity contribution in [3.63, 3.8) is 0 Å². The number of benzene rings is 1. The molecule has 2 atom stereocenters. The van der Waals surface area contributed by atoms with Crippen LogP contribution < -0.4 is 10.1 Å². The number of unbranched alkanes of at least 4 members (excludes halogenated alkanes) is 4. The van der Waals surface area contributed by atoms with Crippen molar-refractivity contribution in [3.8, 4) is 11.5 Å². The second-order valence-electron chi connectivity index (χ2n) is 10.2. The van der Waals surface area contributed by atoms with Crippen LogP contribution in [0.5, 0.6) is 11.5 Å². The van der Waals surface area contributed by atoms with Gasteiger partial charge in [0.25, 0.3) is 0 Å². The number of hydrogen-bond donors (Lipinski definition) is 2. The van der Waals surface area contributed by atoms with Crippen LogP contribution in [-0.4, -0.2) is 43.3 Å². The summed E-state index contributed by atoms with van der Waals surface area (Å²) in [5, 5.41) is 14.0. The molecule has 2 unspecified atom stereocenters. The fourth-order valence-electron chi connectivity index (χ4n) is 4.77. The Morgan fingerprint density at radius 1 is 1.21 bits per heavy atom. The Morgan fingerprint density at radius 3 is 2.65 bits per heavy atom. The molecule has 1 amide bonds. The average Bonchev–Trinajstić information content (AvgIpc) is 2.75. The van der Waals surface area contributed by atoms with Gasteiger partial charge in [-0.3, -0.25) is 0 Å². The third-order valence-corrected chi connectivity index (χ3v) is 6.72. The normalized spacial score (nSPS) is 18.0. The van der Waals surface area contributed by atoms with Gasteiger partial charge in [0, 0.05) is 18.0 Å². The van der Waals surface area contributed by atoms with Crippen molar-refractivity contribution in [1.82, 2.24) is 10.2 Å². The maximum absolute atomic E-state index is 12.7. The highest BCUT2D eigenvalue weighted by Crippen LogP contribution is 2.47. The largest absolute Gasteiger partial charge is 0.507 e. The number of aryl methyl sites for hydroxylation is 1. The third kappa shape index (κ3) is 8.83. The minimum Gasteiger partial charge on any atom is -0.507 e. The number of nitrogens with zero attached hydrogens (tertiary/aromatic N) is 1. The van der Waals surface area contributed by atoms with Crippen LogP contribution >= 0.6 is 0 Å². The van der Waals surface area contributed by atoms with Gasteiger partial charge in [0.2, 0.25) is 0 Å². The Bertz CT molecular complexity index is 844. The van der Waals surface area contributed by atoms with Gasteiger partial charge in [-0.25, -0.2) is 4.79 Å². The first kappa shape index (κ1) is 28.0. The van der Waals surface area contributed by atoms with Crippen molar-refractivity contribution in [1.29, 1.82) is 0 Å². The lowest BCUT2D eigenvalue weighted by atomic mass is 9.73. The molecule has 1 aromatic carbocycles. The lowest BCUT2D eigenvalue weighted by Gasteiger charge is -2.32. The number of nitrogens with one attached hydrogen (secondary N) is 1. The molecule has 2 N–H and O–H groups in total. The lowest BCUT2D eigenvalue weighted by molar-refractivity contribution is 0.199. The first-order valence-corrected chi connectivity index (χ1v) is 13.0. The molecule has 0 heterocycles. The minimum atomic E-state index is -0.456. The standard InChI is InChI=1S/C29H46N2O3/c1-7-8-10-13-23-19-26(32)28(25-18-22(4)14-15-24(25)21(2)3)27(20-23)34-29(33)30-16-11-9-12-17-31(5)6/h18-20,24-25,32H,2,7-17H2,1,3-6H3,(H,30,33). The predicted octanol–water partition coefficient (Wildman–Crippen LogP) is 6.96. The van der Waals surface area contributed by atoms with E-state index in [1.807, 2.05) is 19.1 Å². The van der Waals surface area contributed by atoms with Gasteiger partial charge < -0.3 is 20.1 Å². The van der Waals surface area contributed by atoms with Crippen molar-refractivity contribution in [2.45, 2.75) is 84.5 Å². The Hall–Kier alpha value is -2.27. The first-order chi connectivity index (χ1) is 16.2. The molecule has 0 fully saturated rings. The van der Waals surface area contributed by atoms with Crippen molar-refractivity contribution in [3.05, 3.63) is 47.1 Å². The van der Waals surface area contributed by atoms with E-state index in [-0.39, 0.29) is 17.6 Å². The molecular weight excluding hydrogens is 424 g/mol. The molecule has 1 aliphatic carbocycles. The first-order valence-electron chi connectivity index (χ1n) is 13.0. The summed E-state index contributed by atoms with van der Waals surface area (Å²) in [5.41, 5.74) is 4.09. The number of amides is 1. The molecule has 2 rings (SSSR count). The van der Waals surface area contributed by atoms with Gasteiger partial charge in [0.05, 0.1) is 0 Å². The van der Waals surface area contributed by atoms with Gasteiger partial charge in [-0.2, -0.15) is 0 Å². The number of hydrogen-bond acceptors (Lipinski definition) is 4. The van der Waals surface area contributed by atoms with E-state index in [0.717, 1.165) is 75.5 Å². The summed E-state index contributed by atoms with van der Waals surface area (Å²) >= 11 is 0. The summed E-state index contributed by atoms with van der Waals surface area (Å²) < 4.78 is 5.86. The van der Waals surface area contributed by atoms with E-state index in [4.69, 9.17) is 4.74 Å². The van der Waals surface area contributed by atoms with Crippen LogP contribution in [0.1, 0.15) is 89.2 Å². The zero-order valence-corrected chi connectivity index (χ0v) is 22.1. The summed E-state index contributed by atoms with van der Waals surface area (Å²) in [4.78, 5) is 14.9. The molecule has 34 heavy (non-hydrogen) atoms. The number of carbonyl (C=O) groups excluding carboxylic acids is 1. The molecule has 1 aromatic rings. The van der Waals surface area contributed by atoms with Crippen LogP contribution in [0, 0.1) is 5.92 Å². The lowest BCUT2D eigenvalue weighted by Crippen LogP contribution is -2.28. The zero-order valence-electron chi connectivity index (χ0n) is 22.1. The van der Waals surface area contributed by atoms with E-state index in [0.29, 0.717) is 17.9 Å². The van der Waals surface area contributed by atoms with Gasteiger partial charge in [-0.05, 0) is 96.6 Å². The summed E-state index contributed by atoms with van der Waals surface area (Å²) in [6.45, 7) is 12.2. The molecule has 5 nitrogen and oxygen atoms in total. The Morgan fingerprint density at radius 2 is 1.97 bits per heavy atom. The van der Waals surface area contributed by atoms with E-state index in [2.05, 4.69) is 50.8 Å². The van der Waals surface area contributed by atoms with Crippen LogP contribution in [0.3, 0.4) is 0 Å². The zero-order chi connectivity index (χ0) is 25.1. The highest BCUT2D eigenvalue weighted by Gasteiger charge is 2.31. The molecule has 0 aromatic heterocycles. The van der Waals surface area contributed by atoms with E-state index < -0.39 is 6.09 Å². The monoisotopic (exact) mass is 470 g/mol. The maximum Gasteiger partial charge on any atom is 0.412 e. The minimum absolute atomic E-state index is 0.0511. The third-order valence-electron chi connectivity index (χ3n) is 6.72. The summed E-state index contributed by atoms with van der Waals surface area (Å²) in [7, 11) is 4.14. The van der Waals surface area contributed by atoms with Crippen LogP contribution in [0.2, 0.25) is 0 Å². The number of phenolic OH excluding ortho intramolecular Hbond substituents is 1. The Labute approximate surface area is 207 Å². The van der Waals surface area contributed by atoms with Crippen molar-refractivity contribution in [2.75, 3.05) is 27.2 Å². The second-order valence-corrected chi connectivity index (χ2v) is 10.2. The van der Waals surface area contributed by atoms with Crippen LogP contribution in [0.25, 0.3) is 0 Å². The fourth-order valence-corrected chi connectivity index (χ4v) is 4.77. The number of ether oxygens (including phenoxy) is 1. The summed E-state index contributed by atoms with van der Waals surface area (Å²) in [5.74, 6) is 0.842. The van der Waals surface area contributed by atoms with E-state index >= 15 is 0 Å². The van der Waals surface area contributed by atoms with Crippen LogP contribution in [-0.2, 0) is 6.42 Å². The SMILES string of the molecule is C=C(C)C1CCC(C)=CC1c1c(O)cc(CCCCC)cc1OC(=O)NCCCCCN(C)C. The second kappa shape index (κ2) is 14.2. The van der Waals surface area contributed by atoms with Gasteiger partial charge in [-0.1, -0.05) is 50.0 Å². The van der Waals surface area contributed by atoms with E-state index in [1.165, 1.54) is 5.57 Å². The van der Waals surface area contributed by atoms with Crippen molar-refractivity contribution in [2.24, 2.45) is 5.92 Å². The van der Waals surface area contributed by atoms with Gasteiger partial charge in [-0.15, -0.1) is 0 Å². The topological polar surface area (TPSA) is 61.8 Å². The van der Waals surface area contributed by atoms with Gasteiger partial charge in [0.15, 0.2) is 0 Å². The van der Waals surface area contributed by atoms with E-state index in [1.54, 1.807) is 0 Å². The number of rotatable bonds is 13. The van der Waals surface area contributed by atoms with Gasteiger partial charge in [0.1, 0.15) is 11.5 Å². The molecule has 0 aliphatic heterocycles. The van der Waals surface area contributed by atoms with Crippen molar-refractivity contribution >= 4 is 6.09 Å². The molecule has 0 saturated carbocycles. The molecular formula is C29H46N2O3. The summed E-state index contributed by atoms with van der Waals surface area (Å²) in [6, 6.07) is 3.81. The smallest absolute Gasteiger partial charge is 0.412 e. The molecule has 1 aliphatic rings. The fraction of sp³-hybridized carbons (Fsp3) is 0.621. The molecule has 0 bridgehead atoms. The molecule has 5 heteroatoms. The molecule has 0 spiro atoms. The highest BCUT2D eigenvalue weighted by molar-refractivity contribution is 5.72. The number of aromatic hydroxyl groups is 1. The number of allylic oxidation sites excluding steroid dienone is 3. The number of phenols is 1. The van der Waals surface area contributed by atoms with Crippen LogP contribution in [0.4, 0.5) is 4.79 Å². The highest BCUT2D eigenvalue weighted by atomic mass is 16.6. The molecule has 0 saturated heterocycles. The summed E-state index contributed by atoms with van der Waals surface area (Å²) in [6.07, 6.45) is 11.0. The predicted molar refractivity (Wildman–Crippen MR) is 142 cm³/mol. The quantitative estimate of drug-likeness (QED) is 0.242. The molecule has 190 valence electrons. The average molecular weight is 471 g/mol. The van der Waals surface area contributed by atoms with Gasteiger partial charge >= 0.3 is 6.09 Å². The Kier molecular flexibility index (Phi) is 11.7. The number of carbonyl (C=O) groups is 1. The Balaban J connectivity index is 2.22. The maximum atomic E-state index is 12.7.